The number of aromatic nitrogens is 2. The number of nitrogens with one attached hydrogen (secondary N) is 1. The van der Waals surface area contributed by atoms with Gasteiger partial charge >= 0.3 is 0 Å². The molecule has 94 valence electrons. The summed E-state index contributed by atoms with van der Waals surface area (Å²) in [6.07, 6.45) is 5.14. The van der Waals surface area contributed by atoms with Crippen LogP contribution in [0, 0.1) is 0 Å². The van der Waals surface area contributed by atoms with E-state index in [1.165, 1.54) is 18.2 Å². The minimum atomic E-state index is -0.308. The Bertz CT molecular complexity index is 538. The number of imidazole rings is 1. The fourth-order valence-electron chi connectivity index (χ4n) is 1.48. The fraction of sp³-hybridized carbons (Fsp3) is 0.167. The molecule has 0 spiro atoms. The van der Waals surface area contributed by atoms with E-state index in [1.54, 1.807) is 18.7 Å². The van der Waals surface area contributed by atoms with Crippen LogP contribution in [0.5, 0.6) is 11.5 Å². The van der Waals surface area contributed by atoms with Crippen molar-refractivity contribution in [1.29, 1.82) is 0 Å². The van der Waals surface area contributed by atoms with Crippen LogP contribution >= 0.6 is 0 Å². The van der Waals surface area contributed by atoms with Gasteiger partial charge in [0.2, 0.25) is 0 Å². The van der Waals surface area contributed by atoms with Crippen molar-refractivity contribution in [2.45, 2.75) is 6.54 Å². The van der Waals surface area contributed by atoms with Gasteiger partial charge in [0, 0.05) is 31.0 Å². The van der Waals surface area contributed by atoms with Crippen LogP contribution in [0.3, 0.4) is 0 Å². The van der Waals surface area contributed by atoms with Gasteiger partial charge in [-0.2, -0.15) is 0 Å². The van der Waals surface area contributed by atoms with Crippen LogP contribution in [-0.4, -0.2) is 32.2 Å². The molecule has 0 radical (unpaired) electrons. The van der Waals surface area contributed by atoms with Crippen molar-refractivity contribution in [1.82, 2.24) is 14.9 Å². The van der Waals surface area contributed by atoms with Crippen molar-refractivity contribution in [2.24, 2.45) is 0 Å². The first-order valence-electron chi connectivity index (χ1n) is 5.43. The van der Waals surface area contributed by atoms with Crippen LogP contribution < -0.4 is 5.32 Å². The molecule has 2 rings (SSSR count). The Labute approximate surface area is 104 Å². The minimum Gasteiger partial charge on any atom is -0.504 e. The van der Waals surface area contributed by atoms with E-state index in [2.05, 4.69) is 10.3 Å². The Morgan fingerprint density at radius 3 is 2.83 bits per heavy atom. The maximum Gasteiger partial charge on any atom is 0.251 e. The monoisotopic (exact) mass is 247 g/mol. The van der Waals surface area contributed by atoms with Gasteiger partial charge in [-0.15, -0.1) is 0 Å². The molecule has 0 saturated heterocycles. The van der Waals surface area contributed by atoms with Crippen LogP contribution in [-0.2, 0) is 6.54 Å². The van der Waals surface area contributed by atoms with Crippen molar-refractivity contribution in [2.75, 3.05) is 6.54 Å². The fourth-order valence-corrected chi connectivity index (χ4v) is 1.48. The molecule has 1 amide bonds. The smallest absolute Gasteiger partial charge is 0.251 e. The number of nitrogens with zero attached hydrogens (tertiary/aromatic N) is 2. The maximum absolute atomic E-state index is 11.7. The molecule has 1 aromatic carbocycles. The SMILES string of the molecule is O=C(NCCn1ccnc1)c1ccc(O)c(O)c1. The summed E-state index contributed by atoms with van der Waals surface area (Å²) < 4.78 is 1.84. The molecule has 6 nitrogen and oxygen atoms in total. The number of amides is 1. The first-order valence-corrected chi connectivity index (χ1v) is 5.43. The average Bonchev–Trinajstić information content (AvgIpc) is 2.85. The average molecular weight is 247 g/mol. The van der Waals surface area contributed by atoms with Crippen LogP contribution in [0.2, 0.25) is 0 Å². The molecule has 0 atom stereocenters. The highest BCUT2D eigenvalue weighted by atomic mass is 16.3. The Balaban J connectivity index is 1.89. The summed E-state index contributed by atoms with van der Waals surface area (Å²) in [5, 5.41) is 21.1. The summed E-state index contributed by atoms with van der Waals surface area (Å²) in [6.45, 7) is 1.08. The first kappa shape index (κ1) is 12.0. The molecular weight excluding hydrogens is 234 g/mol. The standard InChI is InChI=1S/C12H13N3O3/c16-10-2-1-9(7-11(10)17)12(18)14-4-6-15-5-3-13-8-15/h1-3,5,7-8,16-17H,4,6H2,(H,14,18). The van der Waals surface area contributed by atoms with Crippen molar-refractivity contribution < 1.29 is 15.0 Å². The van der Waals surface area contributed by atoms with E-state index in [0.29, 0.717) is 18.7 Å². The first-order chi connectivity index (χ1) is 8.66. The van der Waals surface area contributed by atoms with E-state index in [0.717, 1.165) is 0 Å². The Morgan fingerprint density at radius 1 is 1.33 bits per heavy atom. The normalized spacial score (nSPS) is 10.2. The molecule has 6 heteroatoms. The van der Waals surface area contributed by atoms with Gasteiger partial charge in [0.15, 0.2) is 11.5 Å². The molecule has 0 saturated carbocycles. The number of phenols is 2. The molecule has 0 aliphatic rings. The highest BCUT2D eigenvalue weighted by molar-refractivity contribution is 5.94. The Morgan fingerprint density at radius 2 is 2.17 bits per heavy atom. The summed E-state index contributed by atoms with van der Waals surface area (Å²) in [5.74, 6) is -0.854. The predicted octanol–water partition coefficient (Wildman–Crippen LogP) is 0.724. The third kappa shape index (κ3) is 2.79. The van der Waals surface area contributed by atoms with Gasteiger partial charge in [-0.1, -0.05) is 0 Å². The highest BCUT2D eigenvalue weighted by Gasteiger charge is 2.07. The van der Waals surface area contributed by atoms with Crippen molar-refractivity contribution in [3.05, 3.63) is 42.5 Å². The number of aromatic hydroxyl groups is 2. The maximum atomic E-state index is 11.7. The van der Waals surface area contributed by atoms with E-state index < -0.39 is 0 Å². The third-order valence-electron chi connectivity index (χ3n) is 2.45. The summed E-state index contributed by atoms with van der Waals surface area (Å²) in [4.78, 5) is 15.6. The number of hydrogen-bond acceptors (Lipinski definition) is 4. The number of hydrogen-bond donors (Lipinski definition) is 3. The quantitative estimate of drug-likeness (QED) is 0.695. The van der Waals surface area contributed by atoms with Gasteiger partial charge in [-0.05, 0) is 18.2 Å². The predicted molar refractivity (Wildman–Crippen MR) is 64.3 cm³/mol. The Kier molecular flexibility index (Phi) is 3.47. The molecule has 1 aromatic heterocycles. The topological polar surface area (TPSA) is 87.4 Å². The summed E-state index contributed by atoms with van der Waals surface area (Å²) in [7, 11) is 0. The van der Waals surface area contributed by atoms with E-state index in [4.69, 9.17) is 5.11 Å². The van der Waals surface area contributed by atoms with Crippen LogP contribution in [0.25, 0.3) is 0 Å². The van der Waals surface area contributed by atoms with Crippen molar-refractivity contribution in [3.63, 3.8) is 0 Å². The lowest BCUT2D eigenvalue weighted by atomic mass is 10.2. The molecule has 0 unspecified atom stereocenters. The molecule has 3 N–H and O–H groups in total. The summed E-state index contributed by atoms with van der Waals surface area (Å²) in [5.41, 5.74) is 0.302. The van der Waals surface area contributed by atoms with Crippen LogP contribution in [0.4, 0.5) is 0 Å². The van der Waals surface area contributed by atoms with Crippen LogP contribution in [0.15, 0.2) is 36.9 Å². The van der Waals surface area contributed by atoms with E-state index in [9.17, 15) is 9.90 Å². The van der Waals surface area contributed by atoms with Crippen molar-refractivity contribution >= 4 is 5.91 Å². The van der Waals surface area contributed by atoms with Gasteiger partial charge in [0.25, 0.3) is 5.91 Å². The lowest BCUT2D eigenvalue weighted by Crippen LogP contribution is -2.26. The third-order valence-corrected chi connectivity index (χ3v) is 2.45. The molecule has 0 bridgehead atoms. The van der Waals surface area contributed by atoms with Crippen LogP contribution in [0.1, 0.15) is 10.4 Å². The number of benzene rings is 1. The van der Waals surface area contributed by atoms with E-state index in [1.807, 2.05) is 4.57 Å². The molecule has 1 heterocycles. The molecule has 0 aliphatic carbocycles. The largest absolute Gasteiger partial charge is 0.504 e. The molecule has 0 aliphatic heterocycles. The zero-order chi connectivity index (χ0) is 13.0. The van der Waals surface area contributed by atoms with Gasteiger partial charge < -0.3 is 20.1 Å². The van der Waals surface area contributed by atoms with E-state index in [-0.39, 0.29) is 17.4 Å². The lowest BCUT2D eigenvalue weighted by molar-refractivity contribution is 0.0952. The highest BCUT2D eigenvalue weighted by Crippen LogP contribution is 2.24. The molecule has 0 fully saturated rings. The second kappa shape index (κ2) is 5.22. The van der Waals surface area contributed by atoms with Gasteiger partial charge in [0.1, 0.15) is 0 Å². The molecular formula is C12H13N3O3. The number of carbonyl (C=O) groups is 1. The second-order valence-corrected chi connectivity index (χ2v) is 3.76. The van der Waals surface area contributed by atoms with E-state index >= 15 is 0 Å². The van der Waals surface area contributed by atoms with Gasteiger partial charge in [0.05, 0.1) is 6.33 Å². The van der Waals surface area contributed by atoms with Gasteiger partial charge in [-0.25, -0.2) is 4.98 Å². The second-order valence-electron chi connectivity index (χ2n) is 3.76. The number of rotatable bonds is 4. The lowest BCUT2D eigenvalue weighted by Gasteiger charge is -2.06. The van der Waals surface area contributed by atoms with Gasteiger partial charge in [-0.3, -0.25) is 4.79 Å². The Hall–Kier alpha value is -2.50. The number of phenolic OH excluding ortho intramolecular Hbond substituents is 2. The zero-order valence-electron chi connectivity index (χ0n) is 9.58. The summed E-state index contributed by atoms with van der Waals surface area (Å²) in [6, 6.07) is 3.95. The minimum absolute atomic E-state index is 0.245. The zero-order valence-corrected chi connectivity index (χ0v) is 9.58. The molecule has 2 aromatic rings. The van der Waals surface area contributed by atoms with Crippen molar-refractivity contribution in [3.8, 4) is 11.5 Å². The molecule has 18 heavy (non-hydrogen) atoms. The summed E-state index contributed by atoms with van der Waals surface area (Å²) >= 11 is 0. The number of carbonyl (C=O) groups excluding carboxylic acids is 1.